The summed E-state index contributed by atoms with van der Waals surface area (Å²) >= 11 is 0. The highest BCUT2D eigenvalue weighted by atomic mass is 16.2. The van der Waals surface area contributed by atoms with Crippen molar-refractivity contribution < 1.29 is 9.59 Å². The maximum absolute atomic E-state index is 12.5. The first-order valence-electron chi connectivity index (χ1n) is 9.95. The summed E-state index contributed by atoms with van der Waals surface area (Å²) in [6, 6.07) is 14.9. The van der Waals surface area contributed by atoms with Crippen LogP contribution in [0, 0.1) is 5.92 Å². The van der Waals surface area contributed by atoms with Crippen molar-refractivity contribution >= 4 is 17.5 Å². The zero-order valence-electron chi connectivity index (χ0n) is 16.6. The molecule has 30 heavy (non-hydrogen) atoms. The molecule has 1 aromatic heterocycles. The van der Waals surface area contributed by atoms with Crippen molar-refractivity contribution in [3.05, 3.63) is 72.3 Å². The summed E-state index contributed by atoms with van der Waals surface area (Å²) < 4.78 is 1.63. The molecule has 2 amide bonds. The number of benzene rings is 2. The summed E-state index contributed by atoms with van der Waals surface area (Å²) in [5, 5.41) is 6.99. The number of rotatable bonds is 6. The van der Waals surface area contributed by atoms with Crippen LogP contribution in [-0.4, -0.2) is 44.6 Å². The van der Waals surface area contributed by atoms with Crippen LogP contribution in [0.15, 0.2) is 61.2 Å². The van der Waals surface area contributed by atoms with Crippen molar-refractivity contribution in [1.29, 1.82) is 0 Å². The molecule has 1 saturated heterocycles. The fourth-order valence-electron chi connectivity index (χ4n) is 3.69. The van der Waals surface area contributed by atoms with E-state index in [4.69, 9.17) is 5.73 Å². The molecule has 2 aromatic carbocycles. The van der Waals surface area contributed by atoms with Gasteiger partial charge in [0.2, 0.25) is 5.91 Å². The molecule has 3 aromatic rings. The van der Waals surface area contributed by atoms with Gasteiger partial charge in [0, 0.05) is 24.3 Å². The van der Waals surface area contributed by atoms with E-state index in [2.05, 4.69) is 20.3 Å². The first-order chi connectivity index (χ1) is 14.6. The monoisotopic (exact) mass is 404 g/mol. The van der Waals surface area contributed by atoms with E-state index in [9.17, 15) is 9.59 Å². The van der Waals surface area contributed by atoms with Gasteiger partial charge in [-0.15, -0.1) is 0 Å². The fraction of sp³-hybridized carbons (Fsp3) is 0.273. The topological polar surface area (TPSA) is 106 Å². The molecule has 1 atom stereocenters. The van der Waals surface area contributed by atoms with E-state index >= 15 is 0 Å². The minimum absolute atomic E-state index is 0.0618. The Morgan fingerprint density at radius 2 is 1.87 bits per heavy atom. The Morgan fingerprint density at radius 1 is 1.10 bits per heavy atom. The van der Waals surface area contributed by atoms with Gasteiger partial charge in [0.15, 0.2) is 0 Å². The van der Waals surface area contributed by atoms with Crippen molar-refractivity contribution in [1.82, 2.24) is 19.7 Å². The molecule has 2 heterocycles. The second-order valence-corrected chi connectivity index (χ2v) is 7.51. The SMILES string of the molecule is NC(=O)C1CCCN(Cc2ccc(NC(=O)c3ccc(-n4cncn4)cc3)cc2)C1. The Labute approximate surface area is 174 Å². The van der Waals surface area contributed by atoms with E-state index in [1.807, 2.05) is 36.4 Å². The summed E-state index contributed by atoms with van der Waals surface area (Å²) in [6.45, 7) is 2.44. The molecule has 0 radical (unpaired) electrons. The zero-order chi connectivity index (χ0) is 20.9. The van der Waals surface area contributed by atoms with Gasteiger partial charge >= 0.3 is 0 Å². The number of piperidine rings is 1. The first kappa shape index (κ1) is 19.8. The fourth-order valence-corrected chi connectivity index (χ4v) is 3.69. The van der Waals surface area contributed by atoms with Crippen molar-refractivity contribution in [2.45, 2.75) is 19.4 Å². The maximum atomic E-state index is 12.5. The van der Waals surface area contributed by atoms with Crippen LogP contribution in [-0.2, 0) is 11.3 Å². The summed E-state index contributed by atoms with van der Waals surface area (Å²) in [4.78, 5) is 30.1. The molecule has 154 valence electrons. The van der Waals surface area contributed by atoms with E-state index in [1.54, 1.807) is 23.1 Å². The molecule has 0 spiro atoms. The number of nitrogens with one attached hydrogen (secondary N) is 1. The van der Waals surface area contributed by atoms with Crippen molar-refractivity contribution in [2.75, 3.05) is 18.4 Å². The Morgan fingerprint density at radius 3 is 2.53 bits per heavy atom. The molecule has 0 aliphatic carbocycles. The predicted octanol–water partition coefficient (Wildman–Crippen LogP) is 2.22. The molecular formula is C22H24N6O2. The normalized spacial score (nSPS) is 16.9. The summed E-state index contributed by atoms with van der Waals surface area (Å²) in [5.74, 6) is -0.450. The van der Waals surface area contributed by atoms with E-state index in [-0.39, 0.29) is 17.7 Å². The largest absolute Gasteiger partial charge is 0.369 e. The number of hydrogen-bond donors (Lipinski definition) is 2. The number of likely N-dealkylation sites (tertiary alicyclic amines) is 1. The molecule has 3 N–H and O–H groups in total. The van der Waals surface area contributed by atoms with Gasteiger partial charge in [-0.2, -0.15) is 5.10 Å². The highest BCUT2D eigenvalue weighted by Crippen LogP contribution is 2.19. The lowest BCUT2D eigenvalue weighted by atomic mass is 9.97. The molecule has 8 nitrogen and oxygen atoms in total. The zero-order valence-corrected chi connectivity index (χ0v) is 16.6. The molecule has 1 unspecified atom stereocenters. The van der Waals surface area contributed by atoms with Gasteiger partial charge in [0.25, 0.3) is 5.91 Å². The number of anilines is 1. The van der Waals surface area contributed by atoms with Crippen LogP contribution in [0.4, 0.5) is 5.69 Å². The molecular weight excluding hydrogens is 380 g/mol. The summed E-state index contributed by atoms with van der Waals surface area (Å²) in [6.07, 6.45) is 4.92. The Hall–Kier alpha value is -3.52. The van der Waals surface area contributed by atoms with E-state index < -0.39 is 0 Å². The van der Waals surface area contributed by atoms with Crippen LogP contribution in [0.5, 0.6) is 0 Å². The van der Waals surface area contributed by atoms with Crippen LogP contribution in [0.3, 0.4) is 0 Å². The van der Waals surface area contributed by atoms with Gasteiger partial charge in [0.05, 0.1) is 11.6 Å². The Kier molecular flexibility index (Phi) is 5.85. The van der Waals surface area contributed by atoms with Crippen LogP contribution in [0.25, 0.3) is 5.69 Å². The van der Waals surface area contributed by atoms with E-state index in [1.165, 1.54) is 6.33 Å². The van der Waals surface area contributed by atoms with Crippen molar-refractivity contribution in [2.24, 2.45) is 11.7 Å². The second kappa shape index (κ2) is 8.87. The second-order valence-electron chi connectivity index (χ2n) is 7.51. The highest BCUT2D eigenvalue weighted by Gasteiger charge is 2.23. The molecule has 0 bridgehead atoms. The minimum atomic E-state index is -0.216. The number of carbonyl (C=O) groups excluding carboxylic acids is 2. The van der Waals surface area contributed by atoms with Gasteiger partial charge in [-0.05, 0) is 61.3 Å². The molecule has 4 rings (SSSR count). The van der Waals surface area contributed by atoms with Crippen LogP contribution < -0.4 is 11.1 Å². The average Bonchev–Trinajstić information content (AvgIpc) is 3.30. The third kappa shape index (κ3) is 4.72. The molecule has 0 saturated carbocycles. The predicted molar refractivity (Wildman–Crippen MR) is 113 cm³/mol. The molecule has 1 fully saturated rings. The third-order valence-electron chi connectivity index (χ3n) is 5.34. The van der Waals surface area contributed by atoms with E-state index in [0.29, 0.717) is 12.1 Å². The maximum Gasteiger partial charge on any atom is 0.255 e. The number of nitrogens with two attached hydrogens (primary N) is 1. The average molecular weight is 404 g/mol. The lowest BCUT2D eigenvalue weighted by Gasteiger charge is -2.31. The van der Waals surface area contributed by atoms with Crippen molar-refractivity contribution in [3.63, 3.8) is 0 Å². The number of nitrogens with zero attached hydrogens (tertiary/aromatic N) is 4. The number of aromatic nitrogens is 3. The lowest BCUT2D eigenvalue weighted by molar-refractivity contribution is -0.123. The molecule has 1 aliphatic rings. The van der Waals surface area contributed by atoms with Gasteiger partial charge in [-0.25, -0.2) is 9.67 Å². The first-order valence-corrected chi connectivity index (χ1v) is 9.95. The highest BCUT2D eigenvalue weighted by molar-refractivity contribution is 6.04. The summed E-state index contributed by atoms with van der Waals surface area (Å²) in [7, 11) is 0. The van der Waals surface area contributed by atoms with Gasteiger partial charge in [0.1, 0.15) is 12.7 Å². The summed E-state index contributed by atoms with van der Waals surface area (Å²) in [5.41, 5.74) is 8.73. The van der Waals surface area contributed by atoms with Crippen molar-refractivity contribution in [3.8, 4) is 5.69 Å². The Bertz CT molecular complexity index is 999. The standard InChI is InChI=1S/C22H24N6O2/c23-21(29)18-2-1-11-27(13-18)12-16-3-7-19(8-4-16)26-22(30)17-5-9-20(10-6-17)28-15-24-14-25-28/h3-10,14-15,18H,1-2,11-13H2,(H2,23,29)(H,26,30). The molecule has 1 aliphatic heterocycles. The smallest absolute Gasteiger partial charge is 0.255 e. The Balaban J connectivity index is 1.34. The minimum Gasteiger partial charge on any atom is -0.369 e. The van der Waals surface area contributed by atoms with Gasteiger partial charge in [-0.1, -0.05) is 12.1 Å². The van der Waals surface area contributed by atoms with Crippen LogP contribution in [0.2, 0.25) is 0 Å². The quantitative estimate of drug-likeness (QED) is 0.655. The van der Waals surface area contributed by atoms with E-state index in [0.717, 1.165) is 42.9 Å². The van der Waals surface area contributed by atoms with Gasteiger partial charge < -0.3 is 11.1 Å². The number of hydrogen-bond acceptors (Lipinski definition) is 5. The lowest BCUT2D eigenvalue weighted by Crippen LogP contribution is -2.40. The van der Waals surface area contributed by atoms with Crippen LogP contribution >= 0.6 is 0 Å². The third-order valence-corrected chi connectivity index (χ3v) is 5.34. The number of amides is 2. The van der Waals surface area contributed by atoms with Crippen LogP contribution in [0.1, 0.15) is 28.8 Å². The molecule has 8 heteroatoms. The van der Waals surface area contributed by atoms with Gasteiger partial charge in [-0.3, -0.25) is 14.5 Å². The number of primary amides is 1. The number of carbonyl (C=O) groups is 2.